The van der Waals surface area contributed by atoms with E-state index >= 15 is 0 Å². The number of aromatic nitrogens is 2. The van der Waals surface area contributed by atoms with Gasteiger partial charge in [-0.1, -0.05) is 0 Å². The van der Waals surface area contributed by atoms with Gasteiger partial charge in [-0.3, -0.25) is 4.79 Å². The van der Waals surface area contributed by atoms with Crippen LogP contribution in [0.3, 0.4) is 0 Å². The summed E-state index contributed by atoms with van der Waals surface area (Å²) in [5, 5.41) is 0. The fourth-order valence-electron chi connectivity index (χ4n) is 0.409. The highest BCUT2D eigenvalue weighted by molar-refractivity contribution is 5.71. The van der Waals surface area contributed by atoms with Crippen LogP contribution in [0.1, 0.15) is 10.5 Å². The van der Waals surface area contributed by atoms with E-state index in [1.165, 1.54) is 0 Å². The molecule has 0 aliphatic carbocycles. The van der Waals surface area contributed by atoms with Crippen LogP contribution < -0.4 is 0 Å². The Labute approximate surface area is 50.6 Å². The number of nitrogens with zero attached hydrogens (tertiary/aromatic N) is 2. The van der Waals surface area contributed by atoms with E-state index in [4.69, 9.17) is 0 Å². The Morgan fingerprint density at radius 2 is 2.44 bits per heavy atom. The number of hydrogen-bond acceptors (Lipinski definition) is 3. The van der Waals surface area contributed by atoms with E-state index in [-0.39, 0.29) is 5.69 Å². The van der Waals surface area contributed by atoms with Crippen LogP contribution in [0.4, 0.5) is 4.39 Å². The minimum absolute atomic E-state index is 0.204. The van der Waals surface area contributed by atoms with Gasteiger partial charge in [-0.2, -0.15) is 0 Å². The topological polar surface area (TPSA) is 42.9 Å². The first-order chi connectivity index (χ1) is 4.34. The average Bonchev–Trinajstić information content (AvgIpc) is 1.89. The van der Waals surface area contributed by atoms with Crippen LogP contribution in [0.15, 0.2) is 12.5 Å². The Balaban J connectivity index is 3.15. The zero-order valence-corrected chi connectivity index (χ0v) is 4.41. The SMILES string of the molecule is O=Cc1ncncc1F. The van der Waals surface area contributed by atoms with Gasteiger partial charge in [-0.15, -0.1) is 0 Å². The van der Waals surface area contributed by atoms with Crippen LogP contribution in [-0.2, 0) is 0 Å². The highest BCUT2D eigenvalue weighted by atomic mass is 19.1. The molecule has 1 heterocycles. The van der Waals surface area contributed by atoms with E-state index < -0.39 is 5.82 Å². The maximum Gasteiger partial charge on any atom is 0.171 e. The predicted molar refractivity (Wildman–Crippen MR) is 27.4 cm³/mol. The summed E-state index contributed by atoms with van der Waals surface area (Å²) in [5.41, 5.74) is -0.204. The van der Waals surface area contributed by atoms with Crippen molar-refractivity contribution in [1.29, 1.82) is 0 Å². The molecule has 1 rings (SSSR count). The van der Waals surface area contributed by atoms with Gasteiger partial charge in [0, 0.05) is 0 Å². The predicted octanol–water partition coefficient (Wildman–Crippen LogP) is 0.428. The summed E-state index contributed by atoms with van der Waals surface area (Å²) in [6, 6.07) is 0. The summed E-state index contributed by atoms with van der Waals surface area (Å²) in [6.07, 6.45) is 2.40. The number of hydrogen-bond donors (Lipinski definition) is 0. The average molecular weight is 126 g/mol. The van der Waals surface area contributed by atoms with E-state index in [0.717, 1.165) is 12.5 Å². The van der Waals surface area contributed by atoms with Crippen LogP contribution in [0.25, 0.3) is 0 Å². The standard InChI is InChI=1S/C5H3FN2O/c6-4-1-7-3-8-5(4)2-9/h1-3H. The van der Waals surface area contributed by atoms with Gasteiger partial charge in [-0.25, -0.2) is 14.4 Å². The monoisotopic (exact) mass is 126 g/mol. The lowest BCUT2D eigenvalue weighted by molar-refractivity contribution is 0.111. The van der Waals surface area contributed by atoms with Crippen LogP contribution in [0.5, 0.6) is 0 Å². The molecule has 0 fully saturated rings. The normalized spacial score (nSPS) is 9.00. The van der Waals surface area contributed by atoms with Crippen LogP contribution in [0.2, 0.25) is 0 Å². The molecular formula is C5H3FN2O. The Bertz CT molecular complexity index is 226. The number of carbonyl (C=O) groups excluding carboxylic acids is 1. The largest absolute Gasteiger partial charge is 0.296 e. The third-order valence-electron chi connectivity index (χ3n) is 0.808. The molecule has 0 saturated carbocycles. The fraction of sp³-hybridized carbons (Fsp3) is 0. The van der Waals surface area contributed by atoms with Gasteiger partial charge < -0.3 is 0 Å². The summed E-state index contributed by atoms with van der Waals surface area (Å²) < 4.78 is 12.2. The molecule has 0 amide bonds. The van der Waals surface area contributed by atoms with E-state index in [1.807, 2.05) is 0 Å². The van der Waals surface area contributed by atoms with Crippen molar-refractivity contribution in [2.75, 3.05) is 0 Å². The van der Waals surface area contributed by atoms with E-state index in [2.05, 4.69) is 9.97 Å². The van der Waals surface area contributed by atoms with Gasteiger partial charge in [0.25, 0.3) is 0 Å². The zero-order valence-electron chi connectivity index (χ0n) is 4.41. The van der Waals surface area contributed by atoms with Crippen molar-refractivity contribution < 1.29 is 9.18 Å². The third kappa shape index (κ3) is 1.07. The Hall–Kier alpha value is -1.32. The van der Waals surface area contributed by atoms with Gasteiger partial charge in [0.1, 0.15) is 12.0 Å². The molecule has 0 saturated heterocycles. The van der Waals surface area contributed by atoms with Gasteiger partial charge in [0.05, 0.1) is 6.20 Å². The molecule has 1 aromatic rings. The Morgan fingerprint density at radius 1 is 1.67 bits per heavy atom. The molecule has 0 aromatic carbocycles. The van der Waals surface area contributed by atoms with Gasteiger partial charge in [0.15, 0.2) is 12.1 Å². The molecule has 0 atom stereocenters. The quantitative estimate of drug-likeness (QED) is 0.512. The number of halogens is 1. The summed E-state index contributed by atoms with van der Waals surface area (Å²) in [7, 11) is 0. The molecule has 0 aliphatic rings. The highest BCUT2D eigenvalue weighted by Crippen LogP contribution is 1.94. The summed E-state index contributed by atoms with van der Waals surface area (Å²) in [6.45, 7) is 0. The lowest BCUT2D eigenvalue weighted by atomic mass is 10.4. The van der Waals surface area contributed by atoms with E-state index in [1.54, 1.807) is 0 Å². The maximum atomic E-state index is 12.2. The smallest absolute Gasteiger partial charge is 0.171 e. The van der Waals surface area contributed by atoms with Gasteiger partial charge in [0.2, 0.25) is 0 Å². The second-order valence-electron chi connectivity index (χ2n) is 1.37. The van der Waals surface area contributed by atoms with Crippen molar-refractivity contribution in [1.82, 2.24) is 9.97 Å². The lowest BCUT2D eigenvalue weighted by Crippen LogP contribution is -1.92. The van der Waals surface area contributed by atoms with Gasteiger partial charge >= 0.3 is 0 Å². The second-order valence-corrected chi connectivity index (χ2v) is 1.37. The number of carbonyl (C=O) groups is 1. The Kier molecular flexibility index (Phi) is 1.48. The molecular weight excluding hydrogens is 123 g/mol. The molecule has 0 radical (unpaired) electrons. The van der Waals surface area contributed by atoms with Crippen molar-refractivity contribution in [3.8, 4) is 0 Å². The number of rotatable bonds is 1. The first kappa shape index (κ1) is 5.81. The third-order valence-corrected chi connectivity index (χ3v) is 0.808. The number of aldehydes is 1. The summed E-state index contributed by atoms with van der Waals surface area (Å²) in [4.78, 5) is 16.6. The summed E-state index contributed by atoms with van der Waals surface area (Å²) >= 11 is 0. The van der Waals surface area contributed by atoms with E-state index in [0.29, 0.717) is 6.29 Å². The molecule has 0 spiro atoms. The fourth-order valence-corrected chi connectivity index (χ4v) is 0.409. The highest BCUT2D eigenvalue weighted by Gasteiger charge is 1.97. The zero-order chi connectivity index (χ0) is 6.69. The molecule has 4 heteroatoms. The van der Waals surface area contributed by atoms with Crippen LogP contribution >= 0.6 is 0 Å². The second kappa shape index (κ2) is 2.30. The van der Waals surface area contributed by atoms with Crippen molar-refractivity contribution in [2.45, 2.75) is 0 Å². The molecule has 0 bridgehead atoms. The first-order valence-corrected chi connectivity index (χ1v) is 2.25. The summed E-state index contributed by atoms with van der Waals surface area (Å²) in [5.74, 6) is -0.687. The molecule has 0 unspecified atom stereocenters. The molecule has 0 aliphatic heterocycles. The van der Waals surface area contributed by atoms with Crippen molar-refractivity contribution in [2.24, 2.45) is 0 Å². The Morgan fingerprint density at radius 3 is 2.89 bits per heavy atom. The van der Waals surface area contributed by atoms with Crippen LogP contribution in [0, 0.1) is 5.82 Å². The van der Waals surface area contributed by atoms with Crippen molar-refractivity contribution in [3.63, 3.8) is 0 Å². The molecule has 3 nitrogen and oxygen atoms in total. The molecule has 1 aromatic heterocycles. The molecule has 9 heavy (non-hydrogen) atoms. The maximum absolute atomic E-state index is 12.2. The molecule has 0 N–H and O–H groups in total. The van der Waals surface area contributed by atoms with Crippen molar-refractivity contribution in [3.05, 3.63) is 24.0 Å². The van der Waals surface area contributed by atoms with Gasteiger partial charge in [-0.05, 0) is 0 Å². The first-order valence-electron chi connectivity index (χ1n) is 2.25. The minimum atomic E-state index is -0.687. The van der Waals surface area contributed by atoms with Crippen molar-refractivity contribution >= 4 is 6.29 Å². The lowest BCUT2D eigenvalue weighted by Gasteiger charge is -1.86. The minimum Gasteiger partial charge on any atom is -0.296 e. The van der Waals surface area contributed by atoms with E-state index in [9.17, 15) is 9.18 Å². The molecule has 46 valence electrons. The van der Waals surface area contributed by atoms with Crippen LogP contribution in [-0.4, -0.2) is 16.3 Å².